The standard InChI is InChI=1S/C9H9F3N2O/c10-6-1-5(2-7(11)9(6)12)3-14-4-8(13)15/h1-2,14H,3-4H2,(H2,13,15). The Bertz CT molecular complexity index is 359. The van der Waals surface area contributed by atoms with Crippen molar-refractivity contribution in [3.63, 3.8) is 0 Å². The van der Waals surface area contributed by atoms with Crippen molar-refractivity contribution in [2.24, 2.45) is 5.73 Å². The molecule has 1 amide bonds. The van der Waals surface area contributed by atoms with Crippen LogP contribution in [0.15, 0.2) is 12.1 Å². The molecule has 0 unspecified atom stereocenters. The third-order valence-electron chi connectivity index (χ3n) is 1.67. The number of rotatable bonds is 4. The predicted molar refractivity (Wildman–Crippen MR) is 47.2 cm³/mol. The van der Waals surface area contributed by atoms with Gasteiger partial charge in [0.1, 0.15) is 0 Å². The smallest absolute Gasteiger partial charge is 0.231 e. The molecule has 0 saturated heterocycles. The lowest BCUT2D eigenvalue weighted by molar-refractivity contribution is -0.117. The van der Waals surface area contributed by atoms with Gasteiger partial charge in [-0.25, -0.2) is 13.2 Å². The van der Waals surface area contributed by atoms with Crippen LogP contribution in [0.5, 0.6) is 0 Å². The zero-order chi connectivity index (χ0) is 11.4. The van der Waals surface area contributed by atoms with Gasteiger partial charge in [0.15, 0.2) is 17.5 Å². The van der Waals surface area contributed by atoms with E-state index in [2.05, 4.69) is 5.32 Å². The van der Waals surface area contributed by atoms with E-state index in [1.165, 1.54) is 0 Å². The molecule has 6 heteroatoms. The summed E-state index contributed by atoms with van der Waals surface area (Å²) in [6.45, 7) is -0.0718. The third-order valence-corrected chi connectivity index (χ3v) is 1.67. The number of nitrogens with two attached hydrogens (primary N) is 1. The first-order valence-corrected chi connectivity index (χ1v) is 4.13. The van der Waals surface area contributed by atoms with Gasteiger partial charge in [0.2, 0.25) is 5.91 Å². The lowest BCUT2D eigenvalue weighted by Crippen LogP contribution is -2.28. The van der Waals surface area contributed by atoms with Crippen LogP contribution in [-0.4, -0.2) is 12.5 Å². The Hall–Kier alpha value is -1.56. The second-order valence-electron chi connectivity index (χ2n) is 2.94. The highest BCUT2D eigenvalue weighted by molar-refractivity contribution is 5.75. The molecule has 0 saturated carbocycles. The van der Waals surface area contributed by atoms with Gasteiger partial charge < -0.3 is 11.1 Å². The number of carbonyl (C=O) groups is 1. The van der Waals surface area contributed by atoms with E-state index in [9.17, 15) is 18.0 Å². The molecule has 0 spiro atoms. The first-order chi connectivity index (χ1) is 7.00. The molecule has 82 valence electrons. The summed E-state index contributed by atoms with van der Waals surface area (Å²) in [4.78, 5) is 10.3. The Morgan fingerprint density at radius 3 is 2.27 bits per heavy atom. The maximum absolute atomic E-state index is 12.7. The second-order valence-corrected chi connectivity index (χ2v) is 2.94. The summed E-state index contributed by atoms with van der Waals surface area (Å²) in [5.41, 5.74) is 5.03. The number of benzene rings is 1. The first kappa shape index (κ1) is 11.5. The molecule has 0 fully saturated rings. The number of carbonyl (C=O) groups excluding carboxylic acids is 1. The molecule has 1 aromatic carbocycles. The van der Waals surface area contributed by atoms with Crippen LogP contribution in [0.25, 0.3) is 0 Å². The zero-order valence-corrected chi connectivity index (χ0v) is 7.69. The van der Waals surface area contributed by atoms with Crippen molar-refractivity contribution in [3.8, 4) is 0 Å². The van der Waals surface area contributed by atoms with Crippen molar-refractivity contribution in [2.75, 3.05) is 6.54 Å². The average Bonchev–Trinajstić information content (AvgIpc) is 2.13. The highest BCUT2D eigenvalue weighted by atomic mass is 19.2. The van der Waals surface area contributed by atoms with Crippen molar-refractivity contribution in [2.45, 2.75) is 6.54 Å². The largest absolute Gasteiger partial charge is 0.369 e. The van der Waals surface area contributed by atoms with Gasteiger partial charge in [-0.3, -0.25) is 4.79 Å². The lowest BCUT2D eigenvalue weighted by Gasteiger charge is -2.03. The van der Waals surface area contributed by atoms with Gasteiger partial charge in [-0.15, -0.1) is 0 Å². The maximum atomic E-state index is 12.7. The van der Waals surface area contributed by atoms with Crippen molar-refractivity contribution >= 4 is 5.91 Å². The average molecular weight is 218 g/mol. The van der Waals surface area contributed by atoms with E-state index in [1.807, 2.05) is 0 Å². The fourth-order valence-electron chi connectivity index (χ4n) is 1.04. The highest BCUT2D eigenvalue weighted by Gasteiger charge is 2.10. The van der Waals surface area contributed by atoms with Crippen LogP contribution in [0.2, 0.25) is 0 Å². The summed E-state index contributed by atoms with van der Waals surface area (Å²) in [6.07, 6.45) is 0. The Kier molecular flexibility index (Phi) is 3.68. The van der Waals surface area contributed by atoms with E-state index in [-0.39, 0.29) is 18.7 Å². The van der Waals surface area contributed by atoms with Crippen LogP contribution in [-0.2, 0) is 11.3 Å². The van der Waals surface area contributed by atoms with Gasteiger partial charge in [0.05, 0.1) is 6.54 Å². The summed E-state index contributed by atoms with van der Waals surface area (Å²) in [5, 5.41) is 2.54. The molecule has 1 rings (SSSR count). The van der Waals surface area contributed by atoms with Crippen LogP contribution in [0, 0.1) is 17.5 Å². The number of hydrogen-bond donors (Lipinski definition) is 2. The molecule has 0 bridgehead atoms. The summed E-state index contributed by atoms with van der Waals surface area (Å²) < 4.78 is 37.9. The fourth-order valence-corrected chi connectivity index (χ4v) is 1.04. The Morgan fingerprint density at radius 2 is 1.80 bits per heavy atom. The minimum Gasteiger partial charge on any atom is -0.369 e. The predicted octanol–water partition coefficient (Wildman–Crippen LogP) is 0.679. The Morgan fingerprint density at radius 1 is 1.27 bits per heavy atom. The van der Waals surface area contributed by atoms with E-state index < -0.39 is 23.4 Å². The second kappa shape index (κ2) is 4.79. The van der Waals surface area contributed by atoms with E-state index >= 15 is 0 Å². The molecular formula is C9H9F3N2O. The minimum absolute atomic E-state index is 0.0387. The van der Waals surface area contributed by atoms with E-state index in [0.717, 1.165) is 12.1 Å². The Balaban J connectivity index is 2.66. The Labute approximate surface area is 84.1 Å². The molecule has 3 N–H and O–H groups in total. The number of amides is 1. The number of hydrogen-bond acceptors (Lipinski definition) is 2. The SMILES string of the molecule is NC(=O)CNCc1cc(F)c(F)c(F)c1. The minimum atomic E-state index is -1.51. The molecule has 15 heavy (non-hydrogen) atoms. The van der Waals surface area contributed by atoms with Crippen LogP contribution in [0.4, 0.5) is 13.2 Å². The molecule has 0 aliphatic rings. The quantitative estimate of drug-likeness (QED) is 0.730. The van der Waals surface area contributed by atoms with Crippen molar-refractivity contribution in [1.82, 2.24) is 5.32 Å². The van der Waals surface area contributed by atoms with Crippen molar-refractivity contribution in [1.29, 1.82) is 0 Å². The topological polar surface area (TPSA) is 55.1 Å². The summed E-state index contributed by atoms with van der Waals surface area (Å²) in [7, 11) is 0. The van der Waals surface area contributed by atoms with Crippen LogP contribution >= 0.6 is 0 Å². The fraction of sp³-hybridized carbons (Fsp3) is 0.222. The summed E-state index contributed by atoms with van der Waals surface area (Å²) in [5.74, 6) is -4.61. The zero-order valence-electron chi connectivity index (χ0n) is 7.69. The van der Waals surface area contributed by atoms with Gasteiger partial charge in [-0.1, -0.05) is 0 Å². The van der Waals surface area contributed by atoms with Gasteiger partial charge in [-0.2, -0.15) is 0 Å². The molecule has 0 heterocycles. The summed E-state index contributed by atoms with van der Waals surface area (Å²) in [6, 6.07) is 1.71. The van der Waals surface area contributed by atoms with E-state index in [4.69, 9.17) is 5.73 Å². The van der Waals surface area contributed by atoms with E-state index in [0.29, 0.717) is 0 Å². The molecule has 0 radical (unpaired) electrons. The van der Waals surface area contributed by atoms with E-state index in [1.54, 1.807) is 0 Å². The molecule has 0 aliphatic carbocycles. The number of halogens is 3. The maximum Gasteiger partial charge on any atom is 0.231 e. The van der Waals surface area contributed by atoms with Gasteiger partial charge in [-0.05, 0) is 17.7 Å². The number of primary amides is 1. The molecule has 0 atom stereocenters. The molecule has 3 nitrogen and oxygen atoms in total. The van der Waals surface area contributed by atoms with Crippen LogP contribution < -0.4 is 11.1 Å². The third kappa shape index (κ3) is 3.25. The first-order valence-electron chi connectivity index (χ1n) is 4.13. The van der Waals surface area contributed by atoms with Crippen molar-refractivity contribution in [3.05, 3.63) is 35.1 Å². The van der Waals surface area contributed by atoms with Crippen molar-refractivity contribution < 1.29 is 18.0 Å². The highest BCUT2D eigenvalue weighted by Crippen LogP contribution is 2.13. The van der Waals surface area contributed by atoms with Gasteiger partial charge >= 0.3 is 0 Å². The molecule has 0 aliphatic heterocycles. The van der Waals surface area contributed by atoms with Crippen LogP contribution in [0.1, 0.15) is 5.56 Å². The molecular weight excluding hydrogens is 209 g/mol. The van der Waals surface area contributed by atoms with Gasteiger partial charge in [0, 0.05) is 6.54 Å². The number of nitrogens with one attached hydrogen (secondary N) is 1. The summed E-state index contributed by atoms with van der Waals surface area (Å²) >= 11 is 0. The lowest BCUT2D eigenvalue weighted by atomic mass is 10.2. The monoisotopic (exact) mass is 218 g/mol. The normalized spacial score (nSPS) is 10.3. The molecule has 1 aromatic rings. The van der Waals surface area contributed by atoms with Gasteiger partial charge in [0.25, 0.3) is 0 Å². The molecule has 0 aromatic heterocycles. The van der Waals surface area contributed by atoms with Crippen LogP contribution in [0.3, 0.4) is 0 Å².